The summed E-state index contributed by atoms with van der Waals surface area (Å²) in [5.41, 5.74) is -0.896. The average molecular weight is 330 g/mol. The largest absolute Gasteiger partial charge is 0.416 e. The first-order chi connectivity index (χ1) is 9.84. The molecule has 1 aromatic heterocycles. The van der Waals surface area contributed by atoms with Crippen LogP contribution in [0.5, 0.6) is 0 Å². The highest BCUT2D eigenvalue weighted by molar-refractivity contribution is 7.12. The van der Waals surface area contributed by atoms with E-state index in [1.807, 2.05) is 0 Å². The topological polar surface area (TPSA) is 40.9 Å². The molecule has 7 heteroatoms. The number of benzene rings is 1. The number of halogens is 4. The second kappa shape index (κ2) is 5.88. The summed E-state index contributed by atoms with van der Waals surface area (Å²) in [6.07, 6.45) is -4.53. The lowest BCUT2D eigenvalue weighted by Crippen LogP contribution is -2.12. The third kappa shape index (κ3) is 3.26. The maximum absolute atomic E-state index is 12.7. The van der Waals surface area contributed by atoms with Crippen molar-refractivity contribution in [2.45, 2.75) is 12.1 Å². The van der Waals surface area contributed by atoms with E-state index in [0.29, 0.717) is 0 Å². The van der Waals surface area contributed by atoms with Gasteiger partial charge in [0.2, 0.25) is 0 Å². The minimum absolute atomic E-state index is 0.00166. The Balaban J connectivity index is 2.42. The van der Waals surface area contributed by atoms with Crippen molar-refractivity contribution in [3.05, 3.63) is 56.7 Å². The lowest BCUT2D eigenvalue weighted by molar-refractivity contribution is -0.137. The lowest BCUT2D eigenvalue weighted by atomic mass is 9.94. The molecule has 0 aliphatic carbocycles. The SMILES string of the molecule is N#CC(C(=O)c1sccc1Cl)c1cccc(C(F)(F)F)c1. The maximum atomic E-state index is 12.7. The van der Waals surface area contributed by atoms with Crippen LogP contribution in [0.15, 0.2) is 35.7 Å². The van der Waals surface area contributed by atoms with Gasteiger partial charge in [-0.15, -0.1) is 11.3 Å². The highest BCUT2D eigenvalue weighted by Crippen LogP contribution is 2.33. The molecule has 0 saturated heterocycles. The van der Waals surface area contributed by atoms with Crippen LogP contribution in [0.3, 0.4) is 0 Å². The molecule has 1 atom stereocenters. The number of carbonyl (C=O) groups is 1. The molecular formula is C14H7ClF3NOS. The Morgan fingerprint density at radius 1 is 1.33 bits per heavy atom. The zero-order chi connectivity index (χ0) is 15.6. The number of nitriles is 1. The highest BCUT2D eigenvalue weighted by atomic mass is 35.5. The maximum Gasteiger partial charge on any atom is 0.416 e. The third-order valence-corrected chi connectivity index (χ3v) is 4.14. The van der Waals surface area contributed by atoms with Crippen LogP contribution in [-0.2, 0) is 6.18 Å². The van der Waals surface area contributed by atoms with Crippen LogP contribution in [0.25, 0.3) is 0 Å². The number of hydrogen-bond acceptors (Lipinski definition) is 3. The molecule has 2 rings (SSSR count). The molecule has 108 valence electrons. The zero-order valence-corrected chi connectivity index (χ0v) is 11.9. The van der Waals surface area contributed by atoms with Crippen molar-refractivity contribution in [3.63, 3.8) is 0 Å². The summed E-state index contributed by atoms with van der Waals surface area (Å²) in [4.78, 5) is 12.4. The van der Waals surface area contributed by atoms with Crippen LogP contribution in [-0.4, -0.2) is 5.78 Å². The van der Waals surface area contributed by atoms with E-state index in [-0.39, 0.29) is 15.5 Å². The number of nitrogens with zero attached hydrogens (tertiary/aromatic N) is 1. The Morgan fingerprint density at radius 3 is 2.57 bits per heavy atom. The summed E-state index contributed by atoms with van der Waals surface area (Å²) in [6.45, 7) is 0. The number of hydrogen-bond donors (Lipinski definition) is 0. The molecule has 21 heavy (non-hydrogen) atoms. The summed E-state index contributed by atoms with van der Waals surface area (Å²) < 4.78 is 38.1. The highest BCUT2D eigenvalue weighted by Gasteiger charge is 2.32. The molecule has 1 aromatic carbocycles. The monoisotopic (exact) mass is 329 g/mol. The quantitative estimate of drug-likeness (QED) is 0.751. The number of thiophene rings is 1. The van der Waals surface area contributed by atoms with Crippen molar-refractivity contribution in [1.82, 2.24) is 0 Å². The van der Waals surface area contributed by atoms with E-state index in [9.17, 15) is 18.0 Å². The van der Waals surface area contributed by atoms with Crippen molar-refractivity contribution < 1.29 is 18.0 Å². The van der Waals surface area contributed by atoms with Crippen LogP contribution in [0.1, 0.15) is 26.7 Å². The van der Waals surface area contributed by atoms with Gasteiger partial charge in [0.05, 0.1) is 21.5 Å². The van der Waals surface area contributed by atoms with E-state index >= 15 is 0 Å². The smallest absolute Gasteiger partial charge is 0.291 e. The number of ketones is 1. The van der Waals surface area contributed by atoms with Crippen LogP contribution >= 0.6 is 22.9 Å². The minimum Gasteiger partial charge on any atom is -0.291 e. The van der Waals surface area contributed by atoms with Gasteiger partial charge in [0.25, 0.3) is 0 Å². The van der Waals surface area contributed by atoms with Crippen LogP contribution in [0.4, 0.5) is 13.2 Å². The summed E-state index contributed by atoms with van der Waals surface area (Å²) in [5, 5.41) is 10.9. The van der Waals surface area contributed by atoms with Crippen molar-refractivity contribution in [2.75, 3.05) is 0 Å². The van der Waals surface area contributed by atoms with Crippen molar-refractivity contribution in [3.8, 4) is 6.07 Å². The number of carbonyl (C=O) groups excluding carboxylic acids is 1. The molecular weight excluding hydrogens is 323 g/mol. The first-order valence-electron chi connectivity index (χ1n) is 5.68. The van der Waals surface area contributed by atoms with Crippen molar-refractivity contribution >= 4 is 28.7 Å². The molecule has 0 amide bonds. The van der Waals surface area contributed by atoms with Crippen molar-refractivity contribution in [1.29, 1.82) is 5.26 Å². The Bertz CT molecular complexity index is 717. The Hall–Kier alpha value is -1.84. The molecule has 0 aliphatic heterocycles. The first kappa shape index (κ1) is 15.5. The summed E-state index contributed by atoms with van der Waals surface area (Å²) in [7, 11) is 0. The summed E-state index contributed by atoms with van der Waals surface area (Å²) in [5.74, 6) is -1.92. The van der Waals surface area contributed by atoms with Gasteiger partial charge in [-0.25, -0.2) is 0 Å². The molecule has 2 aromatic rings. The second-order valence-electron chi connectivity index (χ2n) is 4.15. The number of rotatable bonds is 3. The molecule has 0 fully saturated rings. The standard InChI is InChI=1S/C14H7ClF3NOS/c15-11-4-5-21-13(11)12(20)10(7-19)8-2-1-3-9(6-8)14(16,17)18/h1-6,10H. The number of alkyl halides is 3. The zero-order valence-electron chi connectivity index (χ0n) is 10.3. The molecule has 0 radical (unpaired) electrons. The van der Waals surface area contributed by atoms with Gasteiger partial charge >= 0.3 is 6.18 Å². The minimum atomic E-state index is -4.53. The molecule has 0 spiro atoms. The Labute approximate surface area is 127 Å². The predicted molar refractivity (Wildman–Crippen MR) is 73.5 cm³/mol. The molecule has 0 aliphatic rings. The van der Waals surface area contributed by atoms with E-state index < -0.39 is 23.4 Å². The fraction of sp³-hybridized carbons (Fsp3) is 0.143. The van der Waals surface area contributed by atoms with Crippen LogP contribution < -0.4 is 0 Å². The molecule has 0 saturated carbocycles. The van der Waals surface area contributed by atoms with Gasteiger partial charge in [-0.05, 0) is 23.1 Å². The van der Waals surface area contributed by atoms with Gasteiger partial charge in [0, 0.05) is 0 Å². The van der Waals surface area contributed by atoms with Gasteiger partial charge in [0.15, 0.2) is 5.78 Å². The van der Waals surface area contributed by atoms with Crippen LogP contribution in [0.2, 0.25) is 5.02 Å². The van der Waals surface area contributed by atoms with E-state index in [0.717, 1.165) is 23.5 Å². The number of Topliss-reactive ketones (excluding diaryl/α,β-unsaturated/α-hetero) is 1. The van der Waals surface area contributed by atoms with Crippen molar-refractivity contribution in [2.24, 2.45) is 0 Å². The Kier molecular flexibility index (Phi) is 4.35. The van der Waals surface area contributed by atoms with E-state index in [2.05, 4.69) is 0 Å². The molecule has 0 N–H and O–H groups in total. The summed E-state index contributed by atoms with van der Waals surface area (Å²) in [6, 6.07) is 7.44. The van der Waals surface area contributed by atoms with Gasteiger partial charge in [-0.1, -0.05) is 29.8 Å². The molecule has 2 nitrogen and oxygen atoms in total. The Morgan fingerprint density at radius 2 is 2.05 bits per heavy atom. The predicted octanol–water partition coefficient (Wildman–Crippen LogP) is 4.91. The molecule has 1 unspecified atom stereocenters. The van der Waals surface area contributed by atoms with Gasteiger partial charge in [-0.2, -0.15) is 18.4 Å². The van der Waals surface area contributed by atoms with Crippen LogP contribution in [0, 0.1) is 11.3 Å². The molecule has 0 bridgehead atoms. The lowest BCUT2D eigenvalue weighted by Gasteiger charge is -2.11. The van der Waals surface area contributed by atoms with Gasteiger partial charge in [-0.3, -0.25) is 4.79 Å². The van der Waals surface area contributed by atoms with Gasteiger partial charge < -0.3 is 0 Å². The fourth-order valence-corrected chi connectivity index (χ4v) is 2.90. The second-order valence-corrected chi connectivity index (χ2v) is 5.47. The van der Waals surface area contributed by atoms with Gasteiger partial charge in [0.1, 0.15) is 5.92 Å². The van der Waals surface area contributed by atoms with E-state index in [1.165, 1.54) is 18.2 Å². The first-order valence-corrected chi connectivity index (χ1v) is 6.94. The summed E-state index contributed by atoms with van der Waals surface area (Å²) >= 11 is 6.88. The molecule has 1 heterocycles. The average Bonchev–Trinajstić information content (AvgIpc) is 2.85. The van der Waals surface area contributed by atoms with E-state index in [1.54, 1.807) is 11.4 Å². The normalized spacial score (nSPS) is 12.7. The fourth-order valence-electron chi connectivity index (χ4n) is 1.78. The third-order valence-electron chi connectivity index (χ3n) is 2.78. The van der Waals surface area contributed by atoms with E-state index in [4.69, 9.17) is 16.9 Å².